The van der Waals surface area contributed by atoms with Gasteiger partial charge in [-0.25, -0.2) is 8.42 Å². The Kier molecular flexibility index (Phi) is 5.84. The molecular weight excluding hydrogens is 387 g/mol. The Morgan fingerprint density at radius 1 is 1.21 bits per heavy atom. The average molecular weight is 411 g/mol. The number of nitrogens with zero attached hydrogens (tertiary/aromatic N) is 2. The molecule has 1 aromatic rings. The Balaban J connectivity index is 1.66. The standard InChI is InChI=1S/C16H24Cl2N2O2S2/c1-11-5-7-20(8-6-11)13-4-3-12(9-13)19(2)24(21,22)15-10-14(17)16(18)23-15/h10-13H,3-9H2,1-2H3/t12-,13+/m1/s1. The van der Waals surface area contributed by atoms with Gasteiger partial charge in [0.1, 0.15) is 8.55 Å². The van der Waals surface area contributed by atoms with Crippen molar-refractivity contribution in [2.24, 2.45) is 5.92 Å². The summed E-state index contributed by atoms with van der Waals surface area (Å²) in [5.41, 5.74) is 0. The Labute approximate surface area is 158 Å². The monoisotopic (exact) mass is 410 g/mol. The second-order valence-electron chi connectivity index (χ2n) is 7.05. The number of piperidine rings is 1. The second-order valence-corrected chi connectivity index (χ2v) is 11.3. The first-order valence-electron chi connectivity index (χ1n) is 8.46. The van der Waals surface area contributed by atoms with Crippen LogP contribution in [0.3, 0.4) is 0 Å². The highest BCUT2D eigenvalue weighted by atomic mass is 35.5. The highest BCUT2D eigenvalue weighted by molar-refractivity contribution is 7.91. The lowest BCUT2D eigenvalue weighted by Gasteiger charge is -2.35. The first kappa shape index (κ1) is 18.9. The summed E-state index contributed by atoms with van der Waals surface area (Å²) < 4.78 is 27.7. The van der Waals surface area contributed by atoms with E-state index in [1.807, 2.05) is 0 Å². The zero-order valence-electron chi connectivity index (χ0n) is 14.0. The summed E-state index contributed by atoms with van der Waals surface area (Å²) in [5.74, 6) is 0.815. The summed E-state index contributed by atoms with van der Waals surface area (Å²) in [4.78, 5) is 2.55. The van der Waals surface area contributed by atoms with Gasteiger partial charge < -0.3 is 4.90 Å². The second kappa shape index (κ2) is 7.41. The first-order valence-corrected chi connectivity index (χ1v) is 11.5. The Bertz CT molecular complexity index is 665. The van der Waals surface area contributed by atoms with Crippen LogP contribution >= 0.6 is 34.5 Å². The first-order chi connectivity index (χ1) is 11.3. The van der Waals surface area contributed by atoms with E-state index in [0.29, 0.717) is 15.4 Å². The molecule has 2 fully saturated rings. The maximum Gasteiger partial charge on any atom is 0.252 e. The van der Waals surface area contributed by atoms with E-state index in [4.69, 9.17) is 23.2 Å². The van der Waals surface area contributed by atoms with Gasteiger partial charge in [0.15, 0.2) is 0 Å². The molecule has 0 aromatic carbocycles. The SMILES string of the molecule is CC1CCN([C@H]2CC[C@@H](N(C)S(=O)(=O)c3cc(Cl)c(Cl)s3)C2)CC1. The molecule has 1 saturated carbocycles. The molecule has 2 aliphatic rings. The van der Waals surface area contributed by atoms with Gasteiger partial charge in [0.25, 0.3) is 10.0 Å². The lowest BCUT2D eigenvalue weighted by atomic mass is 9.97. The molecule has 0 N–H and O–H groups in total. The molecule has 0 amide bonds. The predicted octanol–water partition coefficient (Wildman–Crippen LogP) is 4.33. The van der Waals surface area contributed by atoms with Crippen LogP contribution in [0.1, 0.15) is 39.0 Å². The van der Waals surface area contributed by atoms with E-state index in [1.165, 1.54) is 23.2 Å². The van der Waals surface area contributed by atoms with Crippen molar-refractivity contribution in [2.75, 3.05) is 20.1 Å². The molecule has 1 aliphatic carbocycles. The molecule has 2 atom stereocenters. The topological polar surface area (TPSA) is 40.6 Å². The lowest BCUT2D eigenvalue weighted by Crippen LogP contribution is -2.41. The lowest BCUT2D eigenvalue weighted by molar-refractivity contribution is 0.136. The molecule has 8 heteroatoms. The fourth-order valence-corrected chi connectivity index (χ4v) is 7.25. The van der Waals surface area contributed by atoms with Gasteiger partial charge in [0, 0.05) is 19.1 Å². The fourth-order valence-electron chi connectivity index (χ4n) is 3.78. The van der Waals surface area contributed by atoms with Crippen molar-refractivity contribution in [3.8, 4) is 0 Å². The van der Waals surface area contributed by atoms with Crippen LogP contribution in [0.15, 0.2) is 10.3 Å². The van der Waals surface area contributed by atoms with Gasteiger partial charge in [-0.1, -0.05) is 30.1 Å². The van der Waals surface area contributed by atoms with Crippen molar-refractivity contribution in [1.82, 2.24) is 9.21 Å². The van der Waals surface area contributed by atoms with Crippen LogP contribution in [0.4, 0.5) is 0 Å². The van der Waals surface area contributed by atoms with Crippen LogP contribution in [0, 0.1) is 5.92 Å². The molecule has 0 bridgehead atoms. The van der Waals surface area contributed by atoms with E-state index in [2.05, 4.69) is 11.8 Å². The minimum absolute atomic E-state index is 0.0546. The summed E-state index contributed by atoms with van der Waals surface area (Å²) in [6, 6.07) is 2.02. The zero-order valence-corrected chi connectivity index (χ0v) is 17.2. The molecule has 3 rings (SSSR count). The van der Waals surface area contributed by atoms with Crippen molar-refractivity contribution < 1.29 is 8.42 Å². The number of thiophene rings is 1. The van der Waals surface area contributed by atoms with Gasteiger partial charge in [-0.15, -0.1) is 11.3 Å². The third kappa shape index (κ3) is 3.79. The highest BCUT2D eigenvalue weighted by Crippen LogP contribution is 2.38. The fraction of sp³-hybridized carbons (Fsp3) is 0.750. The van der Waals surface area contributed by atoms with Crippen molar-refractivity contribution in [3.63, 3.8) is 0 Å². The van der Waals surface area contributed by atoms with Crippen LogP contribution in [-0.4, -0.2) is 49.8 Å². The van der Waals surface area contributed by atoms with Gasteiger partial charge >= 0.3 is 0 Å². The van der Waals surface area contributed by atoms with Crippen molar-refractivity contribution in [1.29, 1.82) is 0 Å². The van der Waals surface area contributed by atoms with E-state index in [1.54, 1.807) is 7.05 Å². The van der Waals surface area contributed by atoms with Crippen LogP contribution in [0.5, 0.6) is 0 Å². The predicted molar refractivity (Wildman–Crippen MR) is 101 cm³/mol. The normalized spacial score (nSPS) is 27.2. The number of hydrogen-bond acceptors (Lipinski definition) is 4. The highest BCUT2D eigenvalue weighted by Gasteiger charge is 2.37. The summed E-state index contributed by atoms with van der Waals surface area (Å²) in [5, 5.41) is 0.306. The third-order valence-electron chi connectivity index (χ3n) is 5.48. The van der Waals surface area contributed by atoms with Gasteiger partial charge in [0.05, 0.1) is 5.02 Å². The molecule has 136 valence electrons. The minimum Gasteiger partial charge on any atom is -0.300 e. The van der Waals surface area contributed by atoms with E-state index in [-0.39, 0.29) is 10.3 Å². The number of rotatable bonds is 4. The molecule has 1 aliphatic heterocycles. The summed E-state index contributed by atoms with van der Waals surface area (Å²) in [6.45, 7) is 4.60. The largest absolute Gasteiger partial charge is 0.300 e. The maximum absolute atomic E-state index is 12.8. The molecule has 24 heavy (non-hydrogen) atoms. The van der Waals surface area contributed by atoms with Crippen LogP contribution in [0.25, 0.3) is 0 Å². The molecular formula is C16H24Cl2N2O2S2. The van der Waals surface area contributed by atoms with E-state index < -0.39 is 10.0 Å². The van der Waals surface area contributed by atoms with Gasteiger partial charge in [-0.3, -0.25) is 0 Å². The average Bonchev–Trinajstić information content (AvgIpc) is 3.15. The third-order valence-corrected chi connectivity index (χ3v) is 9.71. The molecule has 0 unspecified atom stereocenters. The Hall–Kier alpha value is 0.150. The van der Waals surface area contributed by atoms with Crippen molar-refractivity contribution in [2.45, 2.75) is 55.3 Å². The quantitative estimate of drug-likeness (QED) is 0.741. The zero-order chi connectivity index (χ0) is 17.5. The number of hydrogen-bond donors (Lipinski definition) is 0. The molecule has 0 radical (unpaired) electrons. The van der Waals surface area contributed by atoms with Crippen molar-refractivity contribution >= 4 is 44.6 Å². The van der Waals surface area contributed by atoms with E-state index in [9.17, 15) is 8.42 Å². The van der Waals surface area contributed by atoms with Gasteiger partial charge in [0.2, 0.25) is 0 Å². The molecule has 2 heterocycles. The Morgan fingerprint density at radius 2 is 1.88 bits per heavy atom. The molecule has 0 spiro atoms. The maximum atomic E-state index is 12.8. The minimum atomic E-state index is -3.52. The molecule has 1 saturated heterocycles. The summed E-state index contributed by atoms with van der Waals surface area (Å²) in [6.07, 6.45) is 5.41. The van der Waals surface area contributed by atoms with E-state index in [0.717, 1.165) is 49.6 Å². The Morgan fingerprint density at radius 3 is 2.46 bits per heavy atom. The van der Waals surface area contributed by atoms with Crippen LogP contribution in [-0.2, 0) is 10.0 Å². The summed E-state index contributed by atoms with van der Waals surface area (Å²) >= 11 is 12.9. The number of likely N-dealkylation sites (tertiary alicyclic amines) is 1. The van der Waals surface area contributed by atoms with Crippen LogP contribution in [0.2, 0.25) is 9.36 Å². The summed E-state index contributed by atoms with van der Waals surface area (Å²) in [7, 11) is -1.84. The van der Waals surface area contributed by atoms with Gasteiger partial charge in [-0.05, 0) is 57.2 Å². The number of halogens is 2. The van der Waals surface area contributed by atoms with E-state index >= 15 is 0 Å². The van der Waals surface area contributed by atoms with Crippen molar-refractivity contribution in [3.05, 3.63) is 15.4 Å². The number of sulfonamides is 1. The molecule has 1 aromatic heterocycles. The molecule has 4 nitrogen and oxygen atoms in total. The van der Waals surface area contributed by atoms with Crippen LogP contribution < -0.4 is 0 Å². The smallest absolute Gasteiger partial charge is 0.252 e. The van der Waals surface area contributed by atoms with Gasteiger partial charge in [-0.2, -0.15) is 4.31 Å².